The lowest BCUT2D eigenvalue weighted by Crippen LogP contribution is -2.50. The molecule has 78 valence electrons. The molecule has 0 bridgehead atoms. The van der Waals surface area contributed by atoms with Gasteiger partial charge in [0.1, 0.15) is 0 Å². The highest BCUT2D eigenvalue weighted by atomic mass is 32.2. The van der Waals surface area contributed by atoms with Crippen LogP contribution in [0.3, 0.4) is 0 Å². The maximum Gasteiger partial charge on any atom is 0.443 e. The van der Waals surface area contributed by atoms with E-state index in [4.69, 9.17) is 5.73 Å². The van der Waals surface area contributed by atoms with Gasteiger partial charge in [0, 0.05) is 18.2 Å². The van der Waals surface area contributed by atoms with Gasteiger partial charge in [0.25, 0.3) is 0 Å². The van der Waals surface area contributed by atoms with Gasteiger partial charge in [-0.05, 0) is 18.2 Å². The van der Waals surface area contributed by atoms with Crippen molar-refractivity contribution in [1.29, 1.82) is 0 Å². The molecule has 13 heavy (non-hydrogen) atoms. The van der Waals surface area contributed by atoms with Gasteiger partial charge in [0.05, 0.1) is 5.37 Å². The predicted molar refractivity (Wildman–Crippen MR) is 51.5 cm³/mol. The second-order valence-electron chi connectivity index (χ2n) is 3.02. The summed E-state index contributed by atoms with van der Waals surface area (Å²) in [5, 5.41) is 2.21. The number of nitrogens with two attached hydrogens (primary N) is 1. The third-order valence-electron chi connectivity index (χ3n) is 1.89. The minimum atomic E-state index is -4.18. The Balaban J connectivity index is 2.38. The molecule has 0 spiro atoms. The normalized spacial score (nSPS) is 36.2. The summed E-state index contributed by atoms with van der Waals surface area (Å²) in [6.07, 6.45) is 0.359. The Bertz CT molecular complexity index is 178. The molecule has 1 aliphatic rings. The number of hydrogen-bond acceptors (Lipinski definition) is 3. The van der Waals surface area contributed by atoms with Crippen molar-refractivity contribution in [2.24, 2.45) is 5.73 Å². The second kappa shape index (κ2) is 4.34. The Morgan fingerprint density at radius 3 is 2.54 bits per heavy atom. The first-order valence-electron chi connectivity index (χ1n) is 3.87. The third-order valence-corrected chi connectivity index (χ3v) is 3.53. The van der Waals surface area contributed by atoms with Gasteiger partial charge in [-0.3, -0.25) is 0 Å². The Hall–Kier alpha value is 0.490. The number of halogens is 3. The van der Waals surface area contributed by atoms with Crippen LogP contribution < -0.4 is 11.1 Å². The number of nitrogens with one attached hydrogen (secondary N) is 1. The van der Waals surface area contributed by atoms with Crippen molar-refractivity contribution in [1.82, 2.24) is 5.32 Å². The van der Waals surface area contributed by atoms with Crippen molar-refractivity contribution in [2.45, 2.75) is 29.0 Å². The molecule has 1 heterocycles. The Labute approximate surface area is 81.4 Å². The van der Waals surface area contributed by atoms with Gasteiger partial charge in [-0.1, -0.05) is 0 Å². The van der Waals surface area contributed by atoms with Crippen LogP contribution in [0.5, 0.6) is 0 Å². The summed E-state index contributed by atoms with van der Waals surface area (Å²) in [5.41, 5.74) is 1.64. The van der Waals surface area contributed by atoms with E-state index in [0.717, 1.165) is 0 Å². The molecule has 0 aromatic heterocycles. The summed E-state index contributed by atoms with van der Waals surface area (Å²) < 4.78 is 35.8. The summed E-state index contributed by atoms with van der Waals surface area (Å²) in [6, 6.07) is -0.161. The van der Waals surface area contributed by atoms with Crippen molar-refractivity contribution in [2.75, 3.05) is 6.54 Å². The summed E-state index contributed by atoms with van der Waals surface area (Å²) in [5.74, 6) is 0. The molecule has 0 aromatic carbocycles. The number of alkyl halides is 3. The predicted octanol–water partition coefficient (Wildman–Crippen LogP) is 1.13. The molecular formula is C6H12F3N2PS. The summed E-state index contributed by atoms with van der Waals surface area (Å²) in [7, 11) is 2.53. The zero-order valence-corrected chi connectivity index (χ0v) is 8.81. The van der Waals surface area contributed by atoms with E-state index < -0.39 is 10.9 Å². The average Bonchev–Trinajstić information content (AvgIpc) is 1.94. The van der Waals surface area contributed by atoms with Crippen LogP contribution >= 0.6 is 21.0 Å². The number of rotatable bonds is 1. The van der Waals surface area contributed by atoms with Gasteiger partial charge >= 0.3 is 5.51 Å². The maximum absolute atomic E-state index is 11.9. The first-order valence-corrected chi connectivity index (χ1v) is 5.42. The van der Waals surface area contributed by atoms with Crippen LogP contribution in [0.25, 0.3) is 0 Å². The molecule has 7 heteroatoms. The lowest BCUT2D eigenvalue weighted by molar-refractivity contribution is -0.0337. The van der Waals surface area contributed by atoms with E-state index in [1.165, 1.54) is 0 Å². The van der Waals surface area contributed by atoms with Crippen LogP contribution in [-0.4, -0.2) is 29.1 Å². The zero-order chi connectivity index (χ0) is 10.1. The van der Waals surface area contributed by atoms with E-state index in [1.807, 2.05) is 0 Å². The van der Waals surface area contributed by atoms with Crippen LogP contribution in [-0.2, 0) is 0 Å². The molecule has 1 aliphatic heterocycles. The average molecular weight is 232 g/mol. The van der Waals surface area contributed by atoms with E-state index in [9.17, 15) is 13.2 Å². The fraction of sp³-hybridized carbons (Fsp3) is 1.00. The van der Waals surface area contributed by atoms with Crippen LogP contribution in [0.15, 0.2) is 0 Å². The topological polar surface area (TPSA) is 38.0 Å². The molecule has 0 radical (unpaired) electrons. The molecule has 4 unspecified atom stereocenters. The molecule has 3 N–H and O–H groups in total. The van der Waals surface area contributed by atoms with Crippen molar-refractivity contribution in [3.8, 4) is 0 Å². The molecule has 1 rings (SSSR count). The summed E-state index contributed by atoms with van der Waals surface area (Å²) in [6.45, 7) is 0.527. The van der Waals surface area contributed by atoms with Crippen molar-refractivity contribution in [3.63, 3.8) is 0 Å². The largest absolute Gasteiger partial charge is 0.443 e. The Morgan fingerprint density at radius 2 is 2.08 bits per heavy atom. The monoisotopic (exact) mass is 232 g/mol. The van der Waals surface area contributed by atoms with E-state index in [0.29, 0.717) is 13.0 Å². The van der Waals surface area contributed by atoms with Gasteiger partial charge in [-0.2, -0.15) is 13.2 Å². The number of thioether (sulfide) groups is 1. The quantitative estimate of drug-likeness (QED) is 0.665. The highest BCUT2D eigenvalue weighted by Crippen LogP contribution is 2.36. The molecule has 2 nitrogen and oxygen atoms in total. The van der Waals surface area contributed by atoms with Crippen LogP contribution in [0, 0.1) is 0 Å². The van der Waals surface area contributed by atoms with Gasteiger partial charge in [-0.15, -0.1) is 9.24 Å². The van der Waals surface area contributed by atoms with E-state index in [-0.39, 0.29) is 23.5 Å². The minimum absolute atomic E-state index is 0.0169. The molecule has 0 amide bonds. The van der Waals surface area contributed by atoms with Gasteiger partial charge in [0.2, 0.25) is 0 Å². The lowest BCUT2D eigenvalue weighted by Gasteiger charge is -2.32. The summed E-state index contributed by atoms with van der Waals surface area (Å²) >= 11 is -0.0169. The van der Waals surface area contributed by atoms with E-state index in [2.05, 4.69) is 14.6 Å². The lowest BCUT2D eigenvalue weighted by atomic mass is 10.1. The van der Waals surface area contributed by atoms with Gasteiger partial charge < -0.3 is 11.1 Å². The molecule has 0 aliphatic carbocycles. The SMILES string of the molecule is NC1CC(SC(F)(F)F)NCC1P. The van der Waals surface area contributed by atoms with Crippen LogP contribution in [0.4, 0.5) is 13.2 Å². The molecule has 1 saturated heterocycles. The Morgan fingerprint density at radius 1 is 1.46 bits per heavy atom. The van der Waals surface area contributed by atoms with Crippen molar-refractivity contribution < 1.29 is 13.2 Å². The van der Waals surface area contributed by atoms with Crippen LogP contribution in [0.1, 0.15) is 6.42 Å². The maximum atomic E-state index is 11.9. The highest BCUT2D eigenvalue weighted by molar-refractivity contribution is 8.00. The molecule has 1 fully saturated rings. The van der Waals surface area contributed by atoms with Crippen molar-refractivity contribution in [3.05, 3.63) is 0 Å². The van der Waals surface area contributed by atoms with E-state index in [1.54, 1.807) is 0 Å². The van der Waals surface area contributed by atoms with Crippen LogP contribution in [0.2, 0.25) is 0 Å². The van der Waals surface area contributed by atoms with E-state index >= 15 is 0 Å². The molecule has 0 saturated carbocycles. The summed E-state index contributed by atoms with van der Waals surface area (Å²) in [4.78, 5) is 0. The standard InChI is InChI=1S/C6H12F3N2PS/c7-6(8,9)13-5-1-3(10)4(12)2-11-5/h3-5,11H,1-2,10,12H2. The number of piperidine rings is 1. The Kier molecular flexibility index (Phi) is 3.86. The highest BCUT2D eigenvalue weighted by Gasteiger charge is 2.36. The number of hydrogen-bond donors (Lipinski definition) is 2. The fourth-order valence-electron chi connectivity index (χ4n) is 1.18. The zero-order valence-electron chi connectivity index (χ0n) is 6.84. The third kappa shape index (κ3) is 4.02. The first-order chi connectivity index (χ1) is 5.88. The first kappa shape index (κ1) is 11.6. The molecule has 0 aromatic rings. The van der Waals surface area contributed by atoms with Gasteiger partial charge in [-0.25, -0.2) is 0 Å². The van der Waals surface area contributed by atoms with Crippen molar-refractivity contribution >= 4 is 21.0 Å². The smallest absolute Gasteiger partial charge is 0.327 e. The second-order valence-corrected chi connectivity index (χ2v) is 5.15. The fourth-order valence-corrected chi connectivity index (χ4v) is 2.29. The molecule has 4 atom stereocenters. The minimum Gasteiger partial charge on any atom is -0.327 e. The molecular weight excluding hydrogens is 220 g/mol. The van der Waals surface area contributed by atoms with Gasteiger partial charge in [0.15, 0.2) is 0 Å².